The molecule has 0 spiro atoms. The third-order valence-electron chi connectivity index (χ3n) is 3.53. The Balaban J connectivity index is 1.76. The van der Waals surface area contributed by atoms with Gasteiger partial charge in [0, 0.05) is 50.6 Å². The molecule has 0 unspecified atom stereocenters. The third-order valence-corrected chi connectivity index (χ3v) is 3.53. The lowest BCUT2D eigenvalue weighted by atomic mass is 10.1. The van der Waals surface area contributed by atoms with Crippen molar-refractivity contribution in [2.24, 2.45) is 5.92 Å². The van der Waals surface area contributed by atoms with Crippen LogP contribution in [0.3, 0.4) is 0 Å². The number of nitrogens with zero attached hydrogens (tertiary/aromatic N) is 3. The van der Waals surface area contributed by atoms with Crippen molar-refractivity contribution in [2.75, 3.05) is 20.3 Å². The molecule has 0 fully saturated rings. The zero-order valence-corrected chi connectivity index (χ0v) is 11.2. The van der Waals surface area contributed by atoms with E-state index in [1.54, 1.807) is 13.4 Å². The van der Waals surface area contributed by atoms with Crippen LogP contribution >= 0.6 is 0 Å². The van der Waals surface area contributed by atoms with Crippen LogP contribution < -0.4 is 0 Å². The molecule has 2 aromatic rings. The van der Waals surface area contributed by atoms with E-state index >= 15 is 0 Å². The third kappa shape index (κ3) is 2.88. The number of furan rings is 1. The van der Waals surface area contributed by atoms with E-state index in [4.69, 9.17) is 9.15 Å². The molecule has 0 radical (unpaired) electrons. The van der Waals surface area contributed by atoms with Crippen molar-refractivity contribution in [2.45, 2.75) is 19.6 Å². The van der Waals surface area contributed by atoms with Gasteiger partial charge in [-0.2, -0.15) is 0 Å². The van der Waals surface area contributed by atoms with Gasteiger partial charge in [-0.25, -0.2) is 4.98 Å². The van der Waals surface area contributed by atoms with Crippen LogP contribution in [0.1, 0.15) is 11.4 Å². The largest absolute Gasteiger partial charge is 0.472 e. The summed E-state index contributed by atoms with van der Waals surface area (Å²) in [6.45, 7) is 4.54. The van der Waals surface area contributed by atoms with Gasteiger partial charge < -0.3 is 13.7 Å². The highest BCUT2D eigenvalue weighted by Crippen LogP contribution is 2.18. The molecule has 0 amide bonds. The average molecular weight is 261 g/mol. The minimum Gasteiger partial charge on any atom is -0.472 e. The number of methoxy groups -OCH3 is 1. The molecule has 5 heteroatoms. The van der Waals surface area contributed by atoms with Gasteiger partial charge in [0.15, 0.2) is 0 Å². The van der Waals surface area contributed by atoms with Gasteiger partial charge in [0.05, 0.1) is 25.7 Å². The summed E-state index contributed by atoms with van der Waals surface area (Å²) >= 11 is 0. The summed E-state index contributed by atoms with van der Waals surface area (Å²) in [6, 6.07) is 2.02. The first-order valence-corrected chi connectivity index (χ1v) is 6.57. The molecule has 0 N–H and O–H groups in total. The molecule has 5 nitrogen and oxygen atoms in total. The molecule has 1 aliphatic heterocycles. The molecular weight excluding hydrogens is 242 g/mol. The summed E-state index contributed by atoms with van der Waals surface area (Å²) in [6.07, 6.45) is 7.46. The zero-order valence-electron chi connectivity index (χ0n) is 11.2. The van der Waals surface area contributed by atoms with E-state index in [0.29, 0.717) is 5.92 Å². The molecule has 19 heavy (non-hydrogen) atoms. The van der Waals surface area contributed by atoms with E-state index in [0.717, 1.165) is 38.6 Å². The highest BCUT2D eigenvalue weighted by molar-refractivity contribution is 5.06. The summed E-state index contributed by atoms with van der Waals surface area (Å²) < 4.78 is 12.7. The monoisotopic (exact) mass is 261 g/mol. The van der Waals surface area contributed by atoms with Crippen LogP contribution in [0.2, 0.25) is 0 Å². The Morgan fingerprint density at radius 1 is 1.47 bits per heavy atom. The number of hydrogen-bond acceptors (Lipinski definition) is 4. The topological polar surface area (TPSA) is 43.4 Å². The quantitative estimate of drug-likeness (QED) is 0.841. The van der Waals surface area contributed by atoms with Crippen LogP contribution in [-0.4, -0.2) is 34.7 Å². The fraction of sp³-hybridized carbons (Fsp3) is 0.500. The van der Waals surface area contributed by atoms with Gasteiger partial charge in [-0.15, -0.1) is 0 Å². The maximum atomic E-state index is 5.33. The number of fused-ring (bicyclic) bond motifs is 1. The smallest absolute Gasteiger partial charge is 0.122 e. The molecular formula is C14H19N3O2. The van der Waals surface area contributed by atoms with E-state index in [1.807, 2.05) is 18.5 Å². The minimum atomic E-state index is 0.493. The Labute approximate surface area is 112 Å². The van der Waals surface area contributed by atoms with Crippen molar-refractivity contribution in [1.29, 1.82) is 0 Å². The highest BCUT2D eigenvalue weighted by Gasteiger charge is 2.22. The van der Waals surface area contributed by atoms with Crippen molar-refractivity contribution in [3.05, 3.63) is 42.4 Å². The second-order valence-corrected chi connectivity index (χ2v) is 5.12. The maximum Gasteiger partial charge on any atom is 0.122 e. The van der Waals surface area contributed by atoms with Gasteiger partial charge >= 0.3 is 0 Å². The van der Waals surface area contributed by atoms with Crippen molar-refractivity contribution in [3.8, 4) is 0 Å². The van der Waals surface area contributed by atoms with Crippen molar-refractivity contribution in [1.82, 2.24) is 14.5 Å². The van der Waals surface area contributed by atoms with Gasteiger partial charge in [0.1, 0.15) is 5.82 Å². The predicted octanol–water partition coefficient (Wildman–Crippen LogP) is 1.75. The molecule has 2 aromatic heterocycles. The lowest BCUT2D eigenvalue weighted by Crippen LogP contribution is -2.29. The van der Waals surface area contributed by atoms with Crippen LogP contribution in [0.4, 0.5) is 0 Å². The van der Waals surface area contributed by atoms with E-state index < -0.39 is 0 Å². The van der Waals surface area contributed by atoms with Gasteiger partial charge in [-0.3, -0.25) is 4.90 Å². The van der Waals surface area contributed by atoms with E-state index in [9.17, 15) is 0 Å². The fourth-order valence-corrected chi connectivity index (χ4v) is 2.73. The summed E-state index contributed by atoms with van der Waals surface area (Å²) in [7, 11) is 1.76. The Kier molecular flexibility index (Phi) is 3.66. The van der Waals surface area contributed by atoms with Gasteiger partial charge in [0.2, 0.25) is 0 Å². The molecule has 3 heterocycles. The summed E-state index contributed by atoms with van der Waals surface area (Å²) in [4.78, 5) is 6.85. The van der Waals surface area contributed by atoms with Crippen LogP contribution in [-0.2, 0) is 24.4 Å². The van der Waals surface area contributed by atoms with Crippen molar-refractivity contribution < 1.29 is 9.15 Å². The minimum absolute atomic E-state index is 0.493. The van der Waals surface area contributed by atoms with E-state index in [1.165, 1.54) is 5.56 Å². The predicted molar refractivity (Wildman–Crippen MR) is 70.4 cm³/mol. The van der Waals surface area contributed by atoms with Crippen molar-refractivity contribution >= 4 is 0 Å². The molecule has 0 aromatic carbocycles. The number of hydrogen-bond donors (Lipinski definition) is 0. The van der Waals surface area contributed by atoms with E-state index in [2.05, 4.69) is 20.6 Å². The molecule has 0 bridgehead atoms. The first-order chi connectivity index (χ1) is 9.35. The van der Waals surface area contributed by atoms with E-state index in [-0.39, 0.29) is 0 Å². The molecule has 102 valence electrons. The molecule has 1 aliphatic rings. The Hall–Kier alpha value is -1.59. The molecule has 0 aliphatic carbocycles. The fourth-order valence-electron chi connectivity index (χ4n) is 2.73. The number of imidazole rings is 1. The van der Waals surface area contributed by atoms with Crippen LogP contribution in [0, 0.1) is 5.92 Å². The normalized spacial score (nSPS) is 20.2. The lowest BCUT2D eigenvalue weighted by Gasteiger charge is -2.22. The van der Waals surface area contributed by atoms with Crippen LogP contribution in [0.25, 0.3) is 0 Å². The number of ether oxygens (including phenoxy) is 1. The van der Waals surface area contributed by atoms with Crippen LogP contribution in [0.5, 0.6) is 0 Å². The summed E-state index contributed by atoms with van der Waals surface area (Å²) in [5.74, 6) is 1.62. The second kappa shape index (κ2) is 5.59. The SMILES string of the molecule is COC[C@@H]1CN(Cc2ccoc2)Cc2nccn2C1. The molecule has 1 atom stereocenters. The zero-order chi connectivity index (χ0) is 13.1. The molecule has 0 saturated heterocycles. The summed E-state index contributed by atoms with van der Waals surface area (Å²) in [5.41, 5.74) is 1.20. The number of aromatic nitrogens is 2. The Morgan fingerprint density at radius 2 is 2.42 bits per heavy atom. The first kappa shape index (κ1) is 12.4. The number of rotatable bonds is 4. The van der Waals surface area contributed by atoms with Crippen molar-refractivity contribution in [3.63, 3.8) is 0 Å². The Morgan fingerprint density at radius 3 is 3.21 bits per heavy atom. The van der Waals surface area contributed by atoms with Gasteiger partial charge in [-0.05, 0) is 6.07 Å². The summed E-state index contributed by atoms with van der Waals surface area (Å²) in [5, 5.41) is 0. The first-order valence-electron chi connectivity index (χ1n) is 6.57. The standard InChI is InChI=1S/C14H19N3O2/c1-18-10-13-7-16(6-12-2-5-19-11-12)9-14-15-3-4-17(14)8-13/h2-5,11,13H,6-10H2,1H3/t13-/m1/s1. The molecule has 3 rings (SSSR count). The second-order valence-electron chi connectivity index (χ2n) is 5.12. The van der Waals surface area contributed by atoms with Gasteiger partial charge in [-0.1, -0.05) is 0 Å². The Bertz CT molecular complexity index is 507. The average Bonchev–Trinajstić information content (AvgIpc) is 3.00. The maximum absolute atomic E-state index is 5.33. The molecule has 0 saturated carbocycles. The van der Waals surface area contributed by atoms with Gasteiger partial charge in [0.25, 0.3) is 0 Å². The highest BCUT2D eigenvalue weighted by atomic mass is 16.5. The lowest BCUT2D eigenvalue weighted by molar-refractivity contribution is 0.115. The van der Waals surface area contributed by atoms with Crippen LogP contribution in [0.15, 0.2) is 35.4 Å².